The van der Waals surface area contributed by atoms with E-state index in [0.29, 0.717) is 36.6 Å². The van der Waals surface area contributed by atoms with Crippen LogP contribution in [-0.4, -0.2) is 71.3 Å². The summed E-state index contributed by atoms with van der Waals surface area (Å²) in [6, 6.07) is 5.86. The molecule has 9 nitrogen and oxygen atoms in total. The summed E-state index contributed by atoms with van der Waals surface area (Å²) in [5.41, 5.74) is 1.13. The lowest BCUT2D eigenvalue weighted by atomic mass is 9.72. The highest BCUT2D eigenvalue weighted by Crippen LogP contribution is 2.47. The zero-order chi connectivity index (χ0) is 26.9. The molecule has 1 spiro atoms. The Morgan fingerprint density at radius 3 is 2.76 bits per heavy atom. The second-order valence-corrected chi connectivity index (χ2v) is 11.6. The molecule has 1 aromatic carbocycles. The Morgan fingerprint density at radius 1 is 1.26 bits per heavy atom. The Balaban J connectivity index is 1.39. The molecule has 206 valence electrons. The number of halogens is 1. The number of amides is 2. The van der Waals surface area contributed by atoms with Gasteiger partial charge in [0.05, 0.1) is 13.2 Å². The summed E-state index contributed by atoms with van der Waals surface area (Å²) in [6.07, 6.45) is 6.60. The predicted molar refractivity (Wildman–Crippen MR) is 144 cm³/mol. The average Bonchev–Trinajstić information content (AvgIpc) is 3.52. The molecule has 2 amide bonds. The van der Waals surface area contributed by atoms with Crippen LogP contribution in [0.25, 0.3) is 10.9 Å². The molecule has 3 heterocycles. The molecule has 4 atom stereocenters. The van der Waals surface area contributed by atoms with Crippen molar-refractivity contribution in [1.82, 2.24) is 20.5 Å². The number of fused-ring (bicyclic) bond motifs is 1. The molecular weight excluding hydrogens is 508 g/mol. The molecule has 3 fully saturated rings. The van der Waals surface area contributed by atoms with E-state index in [1.807, 2.05) is 12.1 Å². The number of aromatic nitrogens is 1. The maximum absolute atomic E-state index is 13.9. The van der Waals surface area contributed by atoms with Crippen LogP contribution in [0.1, 0.15) is 68.3 Å². The van der Waals surface area contributed by atoms with Crippen LogP contribution >= 0.6 is 11.6 Å². The number of nitrogens with zero attached hydrogens (tertiary/aromatic N) is 1. The van der Waals surface area contributed by atoms with Gasteiger partial charge in [-0.3, -0.25) is 19.7 Å². The van der Waals surface area contributed by atoms with E-state index in [9.17, 15) is 19.5 Å². The molecule has 10 heteroatoms. The number of hydrogen-bond acceptors (Lipinski definition) is 6. The number of hydrogen-bond donors (Lipinski definition) is 4. The van der Waals surface area contributed by atoms with Crippen molar-refractivity contribution in [3.63, 3.8) is 0 Å². The van der Waals surface area contributed by atoms with Gasteiger partial charge in [-0.05, 0) is 62.1 Å². The zero-order valence-electron chi connectivity index (χ0n) is 21.8. The summed E-state index contributed by atoms with van der Waals surface area (Å²) in [5, 5.41) is 18.7. The summed E-state index contributed by atoms with van der Waals surface area (Å²) < 4.78 is 5.01. The van der Waals surface area contributed by atoms with Gasteiger partial charge in [-0.15, -0.1) is 0 Å². The monoisotopic (exact) mass is 544 g/mol. The fourth-order valence-electron chi connectivity index (χ4n) is 6.69. The first-order valence-corrected chi connectivity index (χ1v) is 14.1. The van der Waals surface area contributed by atoms with E-state index >= 15 is 0 Å². The van der Waals surface area contributed by atoms with Crippen molar-refractivity contribution in [3.8, 4) is 0 Å². The van der Waals surface area contributed by atoms with Gasteiger partial charge in [0.2, 0.25) is 5.91 Å². The number of rotatable bonds is 7. The summed E-state index contributed by atoms with van der Waals surface area (Å²) in [5.74, 6) is -1.16. The summed E-state index contributed by atoms with van der Waals surface area (Å²) >= 11 is 6.35. The van der Waals surface area contributed by atoms with Crippen LogP contribution in [0.15, 0.2) is 24.3 Å². The van der Waals surface area contributed by atoms with Crippen LogP contribution in [-0.2, 0) is 14.3 Å². The second-order valence-electron chi connectivity index (χ2n) is 11.2. The highest BCUT2D eigenvalue weighted by atomic mass is 35.5. The zero-order valence-corrected chi connectivity index (χ0v) is 22.6. The maximum atomic E-state index is 13.9. The van der Waals surface area contributed by atoms with E-state index in [1.54, 1.807) is 17.0 Å². The summed E-state index contributed by atoms with van der Waals surface area (Å²) in [7, 11) is 1.30. The van der Waals surface area contributed by atoms with Crippen molar-refractivity contribution in [1.29, 1.82) is 0 Å². The first-order valence-electron chi connectivity index (χ1n) is 13.7. The highest BCUT2D eigenvalue weighted by Gasteiger charge is 2.49. The third-order valence-electron chi connectivity index (χ3n) is 8.71. The molecular formula is C28H37ClN4O5. The number of ether oxygens (including phenoxy) is 1. The minimum absolute atomic E-state index is 0.0606. The van der Waals surface area contributed by atoms with Gasteiger partial charge in [0, 0.05) is 34.9 Å². The van der Waals surface area contributed by atoms with Gasteiger partial charge in [0.1, 0.15) is 18.0 Å². The van der Waals surface area contributed by atoms with E-state index < -0.39 is 24.3 Å². The molecule has 2 unspecified atom stereocenters. The highest BCUT2D eigenvalue weighted by molar-refractivity contribution is 6.35. The van der Waals surface area contributed by atoms with Gasteiger partial charge in [-0.1, -0.05) is 36.9 Å². The number of carbonyl (C=O) groups excluding carboxylic acids is 3. The summed E-state index contributed by atoms with van der Waals surface area (Å²) in [6.45, 7) is 1.18. The third-order valence-corrected chi connectivity index (χ3v) is 9.04. The van der Waals surface area contributed by atoms with Crippen molar-refractivity contribution in [2.24, 2.45) is 11.3 Å². The van der Waals surface area contributed by atoms with Crippen LogP contribution in [0.4, 0.5) is 0 Å². The molecule has 2 saturated heterocycles. The molecule has 0 radical (unpaired) electrons. The SMILES string of the molecule is COC(=O)[C@H](C[C@@H]1CCCNC1=O)NC(O)C1CC2(CCCCC2)CN1C(=O)c1cc2c(Cl)cccc2[nH]1. The van der Waals surface area contributed by atoms with Gasteiger partial charge in [0.25, 0.3) is 5.91 Å². The number of benzene rings is 1. The number of nitrogens with one attached hydrogen (secondary N) is 3. The van der Waals surface area contributed by atoms with Crippen LogP contribution in [0.2, 0.25) is 5.02 Å². The number of carbonyl (C=O) groups is 3. The molecule has 3 aliphatic rings. The number of esters is 1. The Bertz CT molecular complexity index is 1190. The number of aromatic amines is 1. The Hall–Kier alpha value is -2.62. The number of methoxy groups -OCH3 is 1. The van der Waals surface area contributed by atoms with E-state index in [2.05, 4.69) is 15.6 Å². The topological polar surface area (TPSA) is 124 Å². The molecule has 0 bridgehead atoms. The first-order chi connectivity index (χ1) is 18.3. The van der Waals surface area contributed by atoms with Gasteiger partial charge in [0.15, 0.2) is 0 Å². The molecule has 1 aliphatic carbocycles. The third kappa shape index (κ3) is 5.42. The van der Waals surface area contributed by atoms with E-state index in [1.165, 1.54) is 13.5 Å². The number of aliphatic hydroxyl groups is 1. The van der Waals surface area contributed by atoms with Crippen molar-refractivity contribution >= 4 is 40.3 Å². The van der Waals surface area contributed by atoms with Gasteiger partial charge in [-0.25, -0.2) is 0 Å². The number of aliphatic hydroxyl groups excluding tert-OH is 1. The minimum Gasteiger partial charge on any atom is -0.468 e. The molecule has 38 heavy (non-hydrogen) atoms. The fraction of sp³-hybridized carbons (Fsp3) is 0.607. The van der Waals surface area contributed by atoms with E-state index in [-0.39, 0.29) is 29.6 Å². The van der Waals surface area contributed by atoms with Crippen molar-refractivity contribution in [2.75, 3.05) is 20.2 Å². The lowest BCUT2D eigenvalue weighted by Gasteiger charge is -2.33. The largest absolute Gasteiger partial charge is 0.468 e. The second kappa shape index (κ2) is 11.2. The number of piperidine rings is 1. The lowest BCUT2D eigenvalue weighted by Crippen LogP contribution is -2.55. The van der Waals surface area contributed by atoms with Gasteiger partial charge < -0.3 is 25.0 Å². The smallest absolute Gasteiger partial charge is 0.322 e. The van der Waals surface area contributed by atoms with Crippen molar-refractivity contribution < 1.29 is 24.2 Å². The normalized spacial score (nSPS) is 24.8. The Labute approximate surface area is 227 Å². The average molecular weight is 545 g/mol. The van der Waals surface area contributed by atoms with Crippen molar-refractivity contribution in [3.05, 3.63) is 35.0 Å². The fourth-order valence-corrected chi connectivity index (χ4v) is 6.92. The van der Waals surface area contributed by atoms with Crippen LogP contribution in [0, 0.1) is 11.3 Å². The molecule has 1 saturated carbocycles. The number of H-pyrrole nitrogens is 1. The number of likely N-dealkylation sites (tertiary alicyclic amines) is 1. The van der Waals surface area contributed by atoms with Crippen molar-refractivity contribution in [2.45, 2.75) is 76.1 Å². The summed E-state index contributed by atoms with van der Waals surface area (Å²) in [4.78, 5) is 43.9. The molecule has 2 aliphatic heterocycles. The Kier molecular flexibility index (Phi) is 7.98. The van der Waals surface area contributed by atoms with E-state index in [0.717, 1.165) is 43.0 Å². The molecule has 4 N–H and O–H groups in total. The predicted octanol–water partition coefficient (Wildman–Crippen LogP) is 3.35. The van der Waals surface area contributed by atoms with Gasteiger partial charge >= 0.3 is 5.97 Å². The van der Waals surface area contributed by atoms with Crippen LogP contribution in [0.3, 0.4) is 0 Å². The van der Waals surface area contributed by atoms with Crippen LogP contribution < -0.4 is 10.6 Å². The lowest BCUT2D eigenvalue weighted by molar-refractivity contribution is -0.145. The van der Waals surface area contributed by atoms with Crippen LogP contribution in [0.5, 0.6) is 0 Å². The van der Waals surface area contributed by atoms with E-state index in [4.69, 9.17) is 16.3 Å². The quantitative estimate of drug-likeness (QED) is 0.313. The minimum atomic E-state index is -1.16. The standard InChI is InChI=1S/C28H37ClN4O5/c1-38-27(37)22(13-17-7-6-12-30-24(17)34)32-25(35)23-15-28(10-3-2-4-11-28)16-33(23)26(36)21-14-18-19(29)8-5-9-20(18)31-21/h5,8-9,14,17,22-23,25,31-32,35H,2-4,6-7,10-13,15-16H2,1H3,(H,30,34)/t17-,22-,23?,25?/m0/s1. The Morgan fingerprint density at radius 2 is 2.05 bits per heavy atom. The molecule has 1 aromatic heterocycles. The van der Waals surface area contributed by atoms with Gasteiger partial charge in [-0.2, -0.15) is 0 Å². The first kappa shape index (κ1) is 27.0. The molecule has 2 aromatic rings. The maximum Gasteiger partial charge on any atom is 0.322 e. The molecule has 5 rings (SSSR count).